The highest BCUT2D eigenvalue weighted by molar-refractivity contribution is 5.83. The molecule has 0 unspecified atom stereocenters. The van der Waals surface area contributed by atoms with Crippen LogP contribution in [0.5, 0.6) is 0 Å². The smallest absolute Gasteiger partial charge is 0.316 e. The fourth-order valence-corrected chi connectivity index (χ4v) is 2.43. The number of carbonyl (C=O) groups is 1. The predicted molar refractivity (Wildman–Crippen MR) is 66.8 cm³/mol. The van der Waals surface area contributed by atoms with E-state index in [4.69, 9.17) is 9.47 Å². The number of ether oxygens (including phenoxy) is 2. The molecule has 1 aliphatic heterocycles. The highest BCUT2D eigenvalue weighted by Gasteiger charge is 2.42. The van der Waals surface area contributed by atoms with E-state index in [0.29, 0.717) is 26.1 Å². The first-order chi connectivity index (χ1) is 9.10. The van der Waals surface area contributed by atoms with Crippen molar-refractivity contribution >= 4 is 11.7 Å². The lowest BCUT2D eigenvalue weighted by Crippen LogP contribution is -2.42. The van der Waals surface area contributed by atoms with Crippen molar-refractivity contribution in [2.75, 3.05) is 20.3 Å². The molecule has 1 heterocycles. The zero-order valence-electron chi connectivity index (χ0n) is 10.6. The minimum Gasteiger partial charge on any atom is -0.468 e. The molecule has 1 aromatic carbocycles. The quantitative estimate of drug-likeness (QED) is 0.473. The summed E-state index contributed by atoms with van der Waals surface area (Å²) in [4.78, 5) is 22.3. The highest BCUT2D eigenvalue weighted by atomic mass is 16.6. The lowest BCUT2D eigenvalue weighted by Gasteiger charge is -2.34. The largest absolute Gasteiger partial charge is 0.468 e. The van der Waals surface area contributed by atoms with Gasteiger partial charge in [0.15, 0.2) is 0 Å². The molecule has 19 heavy (non-hydrogen) atoms. The molecule has 0 amide bonds. The zero-order chi connectivity index (χ0) is 13.9. The second-order valence-electron chi connectivity index (χ2n) is 4.49. The molecule has 0 radical (unpaired) electrons. The van der Waals surface area contributed by atoms with Crippen molar-refractivity contribution in [3.63, 3.8) is 0 Å². The van der Waals surface area contributed by atoms with E-state index in [0.717, 1.165) is 5.56 Å². The van der Waals surface area contributed by atoms with Crippen LogP contribution in [0.15, 0.2) is 24.3 Å². The van der Waals surface area contributed by atoms with E-state index < -0.39 is 10.3 Å². The van der Waals surface area contributed by atoms with Crippen LogP contribution in [0.25, 0.3) is 0 Å². The third kappa shape index (κ3) is 2.44. The minimum absolute atomic E-state index is 0.0100. The first-order valence-corrected chi connectivity index (χ1v) is 6.01. The van der Waals surface area contributed by atoms with E-state index in [1.807, 2.05) is 0 Å². The molecule has 0 N–H and O–H groups in total. The molecule has 6 heteroatoms. The van der Waals surface area contributed by atoms with E-state index in [9.17, 15) is 14.9 Å². The van der Waals surface area contributed by atoms with Gasteiger partial charge >= 0.3 is 5.97 Å². The molecule has 0 aliphatic carbocycles. The lowest BCUT2D eigenvalue weighted by atomic mass is 9.74. The second-order valence-corrected chi connectivity index (χ2v) is 4.49. The third-order valence-corrected chi connectivity index (χ3v) is 3.55. The summed E-state index contributed by atoms with van der Waals surface area (Å²) >= 11 is 0. The minimum atomic E-state index is -0.748. The fraction of sp³-hybridized carbons (Fsp3) is 0.462. The molecule has 0 aromatic heterocycles. The van der Waals surface area contributed by atoms with Gasteiger partial charge in [0.25, 0.3) is 5.69 Å². The Morgan fingerprint density at radius 1 is 1.32 bits per heavy atom. The Bertz CT molecular complexity index is 476. The molecule has 0 saturated carbocycles. The van der Waals surface area contributed by atoms with E-state index in [-0.39, 0.29) is 11.7 Å². The molecular weight excluding hydrogens is 250 g/mol. The molecule has 0 bridgehead atoms. The first-order valence-electron chi connectivity index (χ1n) is 6.01. The fourth-order valence-electron chi connectivity index (χ4n) is 2.43. The Kier molecular flexibility index (Phi) is 3.80. The Morgan fingerprint density at radius 2 is 1.89 bits per heavy atom. The standard InChI is InChI=1S/C13H15NO5/c1-18-12(15)13(6-8-19-9-7-13)10-2-4-11(5-3-10)14(16)17/h2-5H,6-9H2,1H3. The Labute approximate surface area is 110 Å². The van der Waals surface area contributed by atoms with Gasteiger partial charge < -0.3 is 9.47 Å². The van der Waals surface area contributed by atoms with Gasteiger partial charge in [-0.15, -0.1) is 0 Å². The average Bonchev–Trinajstić information content (AvgIpc) is 2.47. The van der Waals surface area contributed by atoms with Crippen molar-refractivity contribution < 1.29 is 19.2 Å². The van der Waals surface area contributed by atoms with Crippen LogP contribution in [-0.4, -0.2) is 31.2 Å². The van der Waals surface area contributed by atoms with Gasteiger partial charge in [-0.05, 0) is 18.4 Å². The number of nitro groups is 1. The van der Waals surface area contributed by atoms with Gasteiger partial charge in [0, 0.05) is 25.3 Å². The predicted octanol–water partition coefficient (Wildman–Crippen LogP) is 1.82. The summed E-state index contributed by atoms with van der Waals surface area (Å²) in [5.74, 6) is -0.315. The van der Waals surface area contributed by atoms with E-state index in [2.05, 4.69) is 0 Å². The number of nitrogens with zero attached hydrogens (tertiary/aromatic N) is 1. The van der Waals surface area contributed by atoms with Crippen LogP contribution in [0, 0.1) is 10.1 Å². The van der Waals surface area contributed by atoms with E-state index in [1.165, 1.54) is 19.2 Å². The molecule has 1 fully saturated rings. The number of hydrogen-bond acceptors (Lipinski definition) is 5. The number of methoxy groups -OCH3 is 1. The number of non-ortho nitro benzene ring substituents is 1. The number of rotatable bonds is 3. The van der Waals surface area contributed by atoms with Crippen LogP contribution < -0.4 is 0 Å². The summed E-state index contributed by atoms with van der Waals surface area (Å²) in [5.41, 5.74) is 0.00589. The van der Waals surface area contributed by atoms with Gasteiger partial charge in [-0.2, -0.15) is 0 Å². The normalized spacial score (nSPS) is 17.7. The Morgan fingerprint density at radius 3 is 2.37 bits per heavy atom. The summed E-state index contributed by atoms with van der Waals surface area (Å²) < 4.78 is 10.2. The van der Waals surface area contributed by atoms with Gasteiger partial charge in [0.1, 0.15) is 0 Å². The summed E-state index contributed by atoms with van der Waals surface area (Å²) in [7, 11) is 1.35. The molecule has 102 valence electrons. The Balaban J connectivity index is 2.38. The maximum absolute atomic E-state index is 12.1. The average molecular weight is 265 g/mol. The second kappa shape index (κ2) is 5.36. The number of esters is 1. The van der Waals surface area contributed by atoms with E-state index in [1.54, 1.807) is 12.1 Å². The summed E-state index contributed by atoms with van der Waals surface area (Å²) in [6.45, 7) is 0.957. The molecule has 1 aliphatic rings. The maximum atomic E-state index is 12.1. The van der Waals surface area contributed by atoms with Gasteiger partial charge in [0.2, 0.25) is 0 Å². The summed E-state index contributed by atoms with van der Waals surface area (Å²) in [6.07, 6.45) is 1.05. The summed E-state index contributed by atoms with van der Waals surface area (Å²) in [6, 6.07) is 6.08. The van der Waals surface area contributed by atoms with Crippen molar-refractivity contribution in [2.24, 2.45) is 0 Å². The molecule has 0 spiro atoms. The van der Waals surface area contributed by atoms with Crippen LogP contribution in [0.4, 0.5) is 5.69 Å². The number of carbonyl (C=O) groups excluding carboxylic acids is 1. The van der Waals surface area contributed by atoms with Crippen LogP contribution >= 0.6 is 0 Å². The molecule has 1 saturated heterocycles. The van der Waals surface area contributed by atoms with Crippen LogP contribution in [0.2, 0.25) is 0 Å². The van der Waals surface area contributed by atoms with E-state index >= 15 is 0 Å². The molecular formula is C13H15NO5. The number of nitro benzene ring substituents is 1. The van der Waals surface area contributed by atoms with Gasteiger partial charge in [0.05, 0.1) is 17.4 Å². The molecule has 0 atom stereocenters. The summed E-state index contributed by atoms with van der Waals surface area (Å²) in [5, 5.41) is 10.7. The monoisotopic (exact) mass is 265 g/mol. The molecule has 6 nitrogen and oxygen atoms in total. The maximum Gasteiger partial charge on any atom is 0.316 e. The highest BCUT2D eigenvalue weighted by Crippen LogP contribution is 2.36. The molecule has 1 aromatic rings. The van der Waals surface area contributed by atoms with Crippen molar-refractivity contribution in [3.8, 4) is 0 Å². The zero-order valence-corrected chi connectivity index (χ0v) is 10.6. The SMILES string of the molecule is COC(=O)C1(c2ccc([N+](=O)[O-])cc2)CCOCC1. The van der Waals surface area contributed by atoms with Crippen molar-refractivity contribution in [1.29, 1.82) is 0 Å². The molecule has 2 rings (SSSR count). The Hall–Kier alpha value is -1.95. The van der Waals surface area contributed by atoms with Crippen molar-refractivity contribution in [3.05, 3.63) is 39.9 Å². The van der Waals surface area contributed by atoms with Crippen LogP contribution in [0.1, 0.15) is 18.4 Å². The number of benzene rings is 1. The van der Waals surface area contributed by atoms with Gasteiger partial charge in [-0.25, -0.2) is 0 Å². The van der Waals surface area contributed by atoms with Crippen LogP contribution in [-0.2, 0) is 19.7 Å². The van der Waals surface area contributed by atoms with Gasteiger partial charge in [-0.1, -0.05) is 12.1 Å². The topological polar surface area (TPSA) is 78.7 Å². The third-order valence-electron chi connectivity index (χ3n) is 3.55. The number of hydrogen-bond donors (Lipinski definition) is 0. The van der Waals surface area contributed by atoms with Crippen LogP contribution in [0.3, 0.4) is 0 Å². The van der Waals surface area contributed by atoms with Crippen molar-refractivity contribution in [2.45, 2.75) is 18.3 Å². The van der Waals surface area contributed by atoms with Gasteiger partial charge in [-0.3, -0.25) is 14.9 Å². The first kappa shape index (κ1) is 13.5. The lowest BCUT2D eigenvalue weighted by molar-refractivity contribution is -0.384. The van der Waals surface area contributed by atoms with Crippen molar-refractivity contribution in [1.82, 2.24) is 0 Å².